The molecule has 0 aromatic carbocycles. The molecular weight excluding hydrogens is 3010 g/mol. The summed E-state index contributed by atoms with van der Waals surface area (Å²) < 4.78 is 0. The standard InChI is InChI=1S/5CH2OS.118Na/c5*2-1-3;;;;;;;;;;;;;;;;;;;;;;;;;;;;;;;;;;;;;;;;;;;;;;;;;;;;;;;;;;;;;;;;;;;;;;;;;;;;;;;;;;;;;;;;;;;;;;;;;;;;;;;;;;;;;;;;;;;;;;/h5*1H,(H,2,3);;;;;;;;;;;;;;;;;;;;;;;;;;;;;;;;;;;;;;;;;;;;;;;;;;;;;;;;;;;;;;;;;;;;;;;;;;;;;;;;;;;;;;;;;;;;;;;;;;;;;;;;;;;;;;;;;;;;;;/q;;;;;118*+1. The summed E-state index contributed by atoms with van der Waals surface area (Å²) in [5.74, 6) is 0. The molecule has 0 N–H and O–H groups in total. The van der Waals surface area contributed by atoms with E-state index in [-0.39, 0.29) is 3490 Å². The number of carbonyl (C=O) groups is 5. The quantitative estimate of drug-likeness (QED) is 0.0948. The smallest absolute Gasteiger partial charge is 0.291 e. The van der Waals surface area contributed by atoms with Crippen LogP contribution in [0, 0.1) is 0 Å². The molecule has 0 aliphatic rings. The summed E-state index contributed by atoms with van der Waals surface area (Å²) >= 11 is 15.5. The second-order valence-corrected chi connectivity index (χ2v) is 1.58. The molecule has 0 saturated carbocycles. The molecule has 0 bridgehead atoms. The minimum absolute atomic E-state index is 0. The maximum Gasteiger partial charge on any atom is 1.00 e. The zero-order valence-electron chi connectivity index (χ0n) is 125. The summed E-state index contributed by atoms with van der Waals surface area (Å²) in [6.07, 6.45) is 0. The second-order valence-electron chi connectivity index (χ2n) is 0.527. The van der Waals surface area contributed by atoms with Gasteiger partial charge in [0.15, 0.2) is 28.1 Å². The summed E-state index contributed by atoms with van der Waals surface area (Å²) in [6, 6.07) is 0. The van der Waals surface area contributed by atoms with Gasteiger partial charge in [0.25, 0.3) is 0 Å². The second kappa shape index (κ2) is 1020. The molecule has 0 aliphatic heterocycles. The number of rotatable bonds is 0. The first kappa shape index (κ1) is 957. The van der Waals surface area contributed by atoms with Gasteiger partial charge < -0.3 is 0 Å². The van der Waals surface area contributed by atoms with E-state index in [0.717, 1.165) is 0 Å². The molecule has 0 heterocycles. The molecule has 0 saturated heterocycles. The normalized spacial score (nSPS) is 0.489. The van der Waals surface area contributed by atoms with E-state index in [4.69, 9.17) is 24.0 Å². The number of hydrogen-bond acceptors (Lipinski definition) is 5. The molecule has 0 amide bonds. The van der Waals surface area contributed by atoms with Gasteiger partial charge in [0.1, 0.15) is 0 Å². The summed E-state index contributed by atoms with van der Waals surface area (Å²) in [7, 11) is 0. The Labute approximate surface area is 3470 Å². The van der Waals surface area contributed by atoms with E-state index >= 15 is 0 Å². The summed E-state index contributed by atoms with van der Waals surface area (Å²) in [4.78, 5) is 43.3. The van der Waals surface area contributed by atoms with Crippen LogP contribution in [0.2, 0.25) is 0 Å². The topological polar surface area (TPSA) is 85.3 Å². The van der Waals surface area contributed by atoms with E-state index < -0.39 is 0 Å². The molecule has 0 radical (unpaired) electrons. The molecule has 0 spiro atoms. The molecule has 0 rings (SSSR count). The van der Waals surface area contributed by atoms with E-state index in [1.165, 1.54) is 0 Å². The molecule has 0 aromatic heterocycles. The Morgan fingerprint density at radius 2 is 0.0526 bits per heavy atom. The van der Waals surface area contributed by atoms with Crippen LogP contribution in [0.15, 0.2) is 0 Å². The number of carbonyl (C=O) groups excluding carboxylic acids is 5. The third-order valence-corrected chi connectivity index (χ3v) is 0. The Balaban J connectivity index is -0.0000000000636. The van der Waals surface area contributed by atoms with Gasteiger partial charge in [0.2, 0.25) is 0 Å². The van der Waals surface area contributed by atoms with Gasteiger partial charge in [-0.25, -0.2) is 0 Å². The minimum Gasteiger partial charge on any atom is -0.291 e. The molecule has 128 heteroatoms. The van der Waals surface area contributed by atoms with Gasteiger partial charge in [0.05, 0.1) is 0 Å². The van der Waals surface area contributed by atoms with E-state index in [1.54, 1.807) is 0 Å². The Kier molecular flexibility index (Phi) is 7370. The van der Waals surface area contributed by atoms with Gasteiger partial charge in [-0.15, -0.1) is 63.1 Å². The molecule has 0 atom stereocenters. The monoisotopic (exact) mass is 3020 g/mol. The molecule has 0 unspecified atom stereocenters. The number of thiol groups is 5. The van der Waals surface area contributed by atoms with Crippen LogP contribution in [0.4, 0.5) is 0 Å². The Morgan fingerprint density at radius 1 is 0.0526 bits per heavy atom. The molecule has 133 heavy (non-hydrogen) atoms. The van der Waals surface area contributed by atoms with Gasteiger partial charge in [-0.3, -0.25) is 24.0 Å². The first-order valence-corrected chi connectivity index (χ1v) is 5.05. The van der Waals surface area contributed by atoms with Crippen LogP contribution in [0.25, 0.3) is 0 Å². The van der Waals surface area contributed by atoms with Crippen LogP contribution >= 0.6 is 63.1 Å². The van der Waals surface area contributed by atoms with Crippen LogP contribution in [0.3, 0.4) is 0 Å². The fourth-order valence-corrected chi connectivity index (χ4v) is 0. The van der Waals surface area contributed by atoms with Gasteiger partial charge in [-0.1, -0.05) is 0 Å². The summed E-state index contributed by atoms with van der Waals surface area (Å²) in [5, 5.41) is 0. The number of hydrogen-bond donors (Lipinski definition) is 5. The fraction of sp³-hybridized carbons (Fsp3) is 0. The van der Waals surface area contributed by atoms with Crippen molar-refractivity contribution < 1.29 is 3510 Å². The van der Waals surface area contributed by atoms with Crippen molar-refractivity contribution in [2.45, 2.75) is 0 Å². The zero-order chi connectivity index (χ0) is 13.5. The zero-order valence-corrected chi connectivity index (χ0v) is 366. The van der Waals surface area contributed by atoms with Crippen LogP contribution in [-0.4, -0.2) is 28.1 Å². The fourth-order valence-electron chi connectivity index (χ4n) is 0. The summed E-state index contributed by atoms with van der Waals surface area (Å²) in [5.41, 5.74) is 2.22. The first-order valence-electron chi connectivity index (χ1n) is 2.47. The third-order valence-electron chi connectivity index (χ3n) is 0. The van der Waals surface area contributed by atoms with E-state index in [9.17, 15) is 0 Å². The molecule has 0 fully saturated rings. The van der Waals surface area contributed by atoms with Crippen molar-refractivity contribution in [1.82, 2.24) is 0 Å². The first-order chi connectivity index (χ1) is 7.07. The Morgan fingerprint density at radius 3 is 0.0526 bits per heavy atom. The van der Waals surface area contributed by atoms with Crippen molar-refractivity contribution in [3.63, 3.8) is 0 Å². The summed E-state index contributed by atoms with van der Waals surface area (Å²) in [6.45, 7) is 0. The third kappa shape index (κ3) is 1100. The van der Waals surface area contributed by atoms with Crippen molar-refractivity contribution in [3.05, 3.63) is 0 Å². The maximum absolute atomic E-state index is 8.67. The van der Waals surface area contributed by atoms with E-state index in [2.05, 4.69) is 63.1 Å². The Bertz CT molecular complexity index is 164. The average Bonchev–Trinajstić information content (AvgIpc) is 2.09. The van der Waals surface area contributed by atoms with Gasteiger partial charge in [-0.05, 0) is 0 Å². The van der Waals surface area contributed by atoms with Crippen LogP contribution in [-0.2, 0) is 24.0 Å². The molecule has 5 nitrogen and oxygen atoms in total. The van der Waals surface area contributed by atoms with Gasteiger partial charge in [-0.2, -0.15) is 0 Å². The van der Waals surface area contributed by atoms with Crippen molar-refractivity contribution in [2.24, 2.45) is 0 Å². The van der Waals surface area contributed by atoms with Gasteiger partial charge >= 0.3 is 3490 Å². The van der Waals surface area contributed by atoms with Crippen molar-refractivity contribution in [2.75, 3.05) is 0 Å². The van der Waals surface area contributed by atoms with E-state index in [0.29, 0.717) is 28.1 Å². The van der Waals surface area contributed by atoms with Gasteiger partial charge in [0, 0.05) is 0 Å². The predicted molar refractivity (Wildman–Crippen MR) is 78.7 cm³/mol. The predicted octanol–water partition coefficient (Wildman–Crippen LogP) is -353. The SMILES string of the molecule is O=CS.O=CS.O=CS.O=CS.O=CS.[Na+].[Na+].[Na+].[Na+].[Na+].[Na+].[Na+].[Na+].[Na+].[Na+].[Na+].[Na+].[Na+].[Na+].[Na+].[Na+].[Na+].[Na+].[Na+].[Na+].[Na+].[Na+].[Na+].[Na+].[Na+].[Na+].[Na+].[Na+].[Na+].[Na+].[Na+].[Na+].[Na+].[Na+].[Na+].[Na+].[Na+].[Na+].[Na+].[Na+].[Na+].[Na+].[Na+].[Na+].[Na+].[Na+].[Na+].[Na+].[Na+].[Na+].[Na+].[Na+].[Na+].[Na+].[Na+].[Na+].[Na+].[Na+].[Na+].[Na+].[Na+].[Na+].[Na+].[Na+].[Na+].[Na+].[Na+].[Na+].[Na+].[Na+].[Na+].[Na+].[Na+].[Na+].[Na+].[Na+].[Na+].[Na+].[Na+].[Na+].[Na+].[Na+].[Na+].[Na+].[Na+].[Na+].[Na+].[Na+].[Na+].[Na+].[Na+].[Na+].[Na+].[Na+].[Na+].[Na+].[Na+].[Na+].[Na+].[Na+].[Na+].[Na+].[Na+].[Na+].[Na+].[Na+].[Na+].[Na+].[Na+].[Na+].[Na+].[Na+].[Na+].[Na+].[Na+].[Na+].[Na+].[Na+]. The van der Waals surface area contributed by atoms with Crippen molar-refractivity contribution in [3.8, 4) is 0 Å². The van der Waals surface area contributed by atoms with E-state index in [1.807, 2.05) is 0 Å². The van der Waals surface area contributed by atoms with Crippen LogP contribution < -0.4 is 3490 Å². The van der Waals surface area contributed by atoms with Crippen LogP contribution in [0.1, 0.15) is 0 Å². The molecular formula is C5H10Na118O5S5+118. The molecule has 90 valence electrons. The van der Waals surface area contributed by atoms with Crippen molar-refractivity contribution >= 4 is 91.2 Å². The maximum atomic E-state index is 8.67. The average molecular weight is 3020 g/mol. The van der Waals surface area contributed by atoms with Crippen molar-refractivity contribution in [1.29, 1.82) is 0 Å². The minimum atomic E-state index is 0. The molecule has 0 aromatic rings. The largest absolute Gasteiger partial charge is 1.00 e. The van der Waals surface area contributed by atoms with Crippen LogP contribution in [0.5, 0.6) is 0 Å². The Hall–Kier alpha value is 118. The molecule has 0 aliphatic carbocycles.